The summed E-state index contributed by atoms with van der Waals surface area (Å²) in [5, 5.41) is 9.16. The molecule has 0 bridgehead atoms. The first kappa shape index (κ1) is 17.4. The van der Waals surface area contributed by atoms with Gasteiger partial charge >= 0.3 is 5.97 Å². The molecule has 1 atom stereocenters. The molecule has 1 aromatic carbocycles. The van der Waals surface area contributed by atoms with Gasteiger partial charge in [0.15, 0.2) is 5.69 Å². The molecule has 1 saturated heterocycles. The minimum atomic E-state index is -0.977. The van der Waals surface area contributed by atoms with Crippen molar-refractivity contribution in [3.05, 3.63) is 59.8 Å². The molecule has 2 aromatic rings. The van der Waals surface area contributed by atoms with Crippen LogP contribution in [-0.4, -0.2) is 46.6 Å². The van der Waals surface area contributed by atoms with Gasteiger partial charge < -0.3 is 10.0 Å². The summed E-state index contributed by atoms with van der Waals surface area (Å²) in [5.74, 6) is -0.213. The minimum Gasteiger partial charge on any atom is -0.477 e. The van der Waals surface area contributed by atoms with Gasteiger partial charge in [0.2, 0.25) is 0 Å². The Morgan fingerprint density at radius 2 is 1.96 bits per heavy atom. The third kappa shape index (κ3) is 4.37. The second kappa shape index (κ2) is 8.12. The summed E-state index contributed by atoms with van der Waals surface area (Å²) in [7, 11) is 0. The lowest BCUT2D eigenvalue weighted by Crippen LogP contribution is -2.53. The van der Waals surface area contributed by atoms with Crippen molar-refractivity contribution in [1.82, 2.24) is 9.88 Å². The van der Waals surface area contributed by atoms with Gasteiger partial charge in [-0.1, -0.05) is 49.7 Å². The fourth-order valence-corrected chi connectivity index (χ4v) is 3.45. The lowest BCUT2D eigenvalue weighted by Gasteiger charge is -2.42. The maximum absolute atomic E-state index is 11.2. The molecule has 1 N–H and O–H groups in total. The molecule has 1 unspecified atom stereocenters. The Morgan fingerprint density at radius 1 is 1.16 bits per heavy atom. The second-order valence-corrected chi connectivity index (χ2v) is 6.53. The van der Waals surface area contributed by atoms with E-state index in [-0.39, 0.29) is 5.69 Å². The molecule has 0 saturated carbocycles. The summed E-state index contributed by atoms with van der Waals surface area (Å²) < 4.78 is 0. The lowest BCUT2D eigenvalue weighted by atomic mass is 10.0. The number of carboxylic acid groups (broad SMARTS) is 1. The third-order valence-corrected chi connectivity index (χ3v) is 4.73. The van der Waals surface area contributed by atoms with Crippen LogP contribution in [0.15, 0.2) is 48.5 Å². The molecular formula is C20H25N3O2. The van der Waals surface area contributed by atoms with E-state index in [2.05, 4.69) is 46.0 Å². The van der Waals surface area contributed by atoms with Gasteiger partial charge in [-0.3, -0.25) is 4.90 Å². The molecule has 2 heterocycles. The normalized spacial score (nSPS) is 18.3. The number of aromatic nitrogens is 1. The fraction of sp³-hybridized carbons (Fsp3) is 0.400. The molecule has 25 heavy (non-hydrogen) atoms. The smallest absolute Gasteiger partial charge is 0.354 e. The molecule has 0 spiro atoms. The standard InChI is InChI=1S/C20H25N3O2/c1-2-7-17-15-23(19-11-6-10-18(21-19)20(24)25)13-12-22(17)14-16-8-4-3-5-9-16/h3-6,8-11,17H,2,7,12-15H2,1H3,(H,24,25). The molecule has 0 aliphatic carbocycles. The van der Waals surface area contributed by atoms with E-state index in [1.54, 1.807) is 12.1 Å². The number of carboxylic acids is 1. The zero-order chi connectivity index (χ0) is 17.6. The molecule has 5 heteroatoms. The van der Waals surface area contributed by atoms with Crippen LogP contribution in [0.5, 0.6) is 0 Å². The van der Waals surface area contributed by atoms with Gasteiger partial charge in [-0.05, 0) is 24.1 Å². The number of aromatic carboxylic acids is 1. The average molecular weight is 339 g/mol. The van der Waals surface area contributed by atoms with Crippen molar-refractivity contribution in [1.29, 1.82) is 0 Å². The van der Waals surface area contributed by atoms with Crippen molar-refractivity contribution in [3.8, 4) is 0 Å². The van der Waals surface area contributed by atoms with Gasteiger partial charge in [0, 0.05) is 32.2 Å². The fourth-order valence-electron chi connectivity index (χ4n) is 3.45. The highest BCUT2D eigenvalue weighted by Gasteiger charge is 2.27. The number of benzene rings is 1. The van der Waals surface area contributed by atoms with E-state index in [1.165, 1.54) is 5.56 Å². The van der Waals surface area contributed by atoms with Crippen LogP contribution >= 0.6 is 0 Å². The molecule has 1 fully saturated rings. The average Bonchev–Trinajstić information content (AvgIpc) is 2.64. The van der Waals surface area contributed by atoms with E-state index in [0.29, 0.717) is 6.04 Å². The topological polar surface area (TPSA) is 56.7 Å². The summed E-state index contributed by atoms with van der Waals surface area (Å²) in [6.45, 7) is 5.88. The van der Waals surface area contributed by atoms with E-state index in [9.17, 15) is 4.79 Å². The minimum absolute atomic E-state index is 0.108. The Bertz CT molecular complexity index is 705. The molecule has 5 nitrogen and oxygen atoms in total. The van der Waals surface area contributed by atoms with Crippen LogP contribution in [0.2, 0.25) is 0 Å². The number of carbonyl (C=O) groups is 1. The summed E-state index contributed by atoms with van der Waals surface area (Å²) in [6, 6.07) is 16.2. The first-order chi connectivity index (χ1) is 12.2. The molecule has 0 radical (unpaired) electrons. The Hall–Kier alpha value is -2.40. The Balaban J connectivity index is 1.72. The largest absolute Gasteiger partial charge is 0.477 e. The second-order valence-electron chi connectivity index (χ2n) is 6.53. The van der Waals surface area contributed by atoms with Gasteiger partial charge in [0.05, 0.1) is 0 Å². The summed E-state index contributed by atoms with van der Waals surface area (Å²) in [5.41, 5.74) is 1.44. The van der Waals surface area contributed by atoms with Crippen molar-refractivity contribution in [2.24, 2.45) is 0 Å². The highest BCUT2D eigenvalue weighted by molar-refractivity contribution is 5.85. The molecule has 1 aliphatic heterocycles. The van der Waals surface area contributed by atoms with Crippen LogP contribution in [-0.2, 0) is 6.54 Å². The van der Waals surface area contributed by atoms with Crippen molar-refractivity contribution < 1.29 is 9.90 Å². The molecular weight excluding hydrogens is 314 g/mol. The maximum atomic E-state index is 11.2. The quantitative estimate of drug-likeness (QED) is 0.875. The van der Waals surface area contributed by atoms with Crippen LogP contribution in [0.4, 0.5) is 5.82 Å². The SMILES string of the molecule is CCCC1CN(c2cccc(C(=O)O)n2)CCN1Cc1ccccc1. The Morgan fingerprint density at radius 3 is 2.68 bits per heavy atom. The van der Waals surface area contributed by atoms with Crippen LogP contribution in [0.3, 0.4) is 0 Å². The molecule has 3 rings (SSSR count). The zero-order valence-electron chi connectivity index (χ0n) is 14.6. The Labute approximate surface area is 148 Å². The van der Waals surface area contributed by atoms with Crippen molar-refractivity contribution in [3.63, 3.8) is 0 Å². The summed E-state index contributed by atoms with van der Waals surface area (Å²) in [6.07, 6.45) is 2.26. The monoisotopic (exact) mass is 339 g/mol. The number of hydrogen-bond acceptors (Lipinski definition) is 4. The number of nitrogens with zero attached hydrogens (tertiary/aromatic N) is 3. The zero-order valence-corrected chi connectivity index (χ0v) is 14.6. The number of pyridine rings is 1. The van der Waals surface area contributed by atoms with E-state index in [0.717, 1.165) is 44.8 Å². The molecule has 1 aromatic heterocycles. The first-order valence-corrected chi connectivity index (χ1v) is 8.90. The highest BCUT2D eigenvalue weighted by atomic mass is 16.4. The van der Waals surface area contributed by atoms with Gasteiger partial charge in [-0.25, -0.2) is 9.78 Å². The predicted octanol–water partition coefficient (Wildman–Crippen LogP) is 3.27. The first-order valence-electron chi connectivity index (χ1n) is 8.90. The van der Waals surface area contributed by atoms with Crippen molar-refractivity contribution >= 4 is 11.8 Å². The van der Waals surface area contributed by atoms with Crippen LogP contribution in [0.1, 0.15) is 35.8 Å². The van der Waals surface area contributed by atoms with Gasteiger partial charge in [0.1, 0.15) is 5.82 Å². The third-order valence-electron chi connectivity index (χ3n) is 4.73. The molecule has 132 valence electrons. The van der Waals surface area contributed by atoms with Crippen LogP contribution in [0, 0.1) is 0 Å². The summed E-state index contributed by atoms with van der Waals surface area (Å²) in [4.78, 5) is 20.2. The van der Waals surface area contributed by atoms with Crippen LogP contribution in [0.25, 0.3) is 0 Å². The molecule has 0 amide bonds. The number of rotatable bonds is 6. The van der Waals surface area contributed by atoms with Gasteiger partial charge in [-0.2, -0.15) is 0 Å². The predicted molar refractivity (Wildman–Crippen MR) is 99.0 cm³/mol. The lowest BCUT2D eigenvalue weighted by molar-refractivity contribution is 0.0690. The number of piperazine rings is 1. The van der Waals surface area contributed by atoms with E-state index in [1.807, 2.05) is 12.1 Å². The van der Waals surface area contributed by atoms with Gasteiger partial charge in [-0.15, -0.1) is 0 Å². The Kier molecular flexibility index (Phi) is 5.66. The van der Waals surface area contributed by atoms with Crippen molar-refractivity contribution in [2.75, 3.05) is 24.5 Å². The van der Waals surface area contributed by atoms with Crippen LogP contribution < -0.4 is 4.90 Å². The van der Waals surface area contributed by atoms with E-state index < -0.39 is 5.97 Å². The van der Waals surface area contributed by atoms with E-state index >= 15 is 0 Å². The number of anilines is 1. The van der Waals surface area contributed by atoms with Gasteiger partial charge in [0.25, 0.3) is 0 Å². The van der Waals surface area contributed by atoms with Crippen molar-refractivity contribution in [2.45, 2.75) is 32.4 Å². The maximum Gasteiger partial charge on any atom is 0.354 e. The highest BCUT2D eigenvalue weighted by Crippen LogP contribution is 2.22. The number of hydrogen-bond donors (Lipinski definition) is 1. The molecule has 1 aliphatic rings. The summed E-state index contributed by atoms with van der Waals surface area (Å²) >= 11 is 0. The van der Waals surface area contributed by atoms with E-state index in [4.69, 9.17) is 5.11 Å².